The van der Waals surface area contributed by atoms with Crippen molar-refractivity contribution in [1.29, 1.82) is 0 Å². The first-order chi connectivity index (χ1) is 9.77. The molecule has 110 valence electrons. The van der Waals surface area contributed by atoms with Gasteiger partial charge in [0, 0.05) is 10.6 Å². The van der Waals surface area contributed by atoms with Gasteiger partial charge in [-0.05, 0) is 36.4 Å². The summed E-state index contributed by atoms with van der Waals surface area (Å²) in [5.74, 6) is -2.10. The fraction of sp³-hybridized carbons (Fsp3) is 0.0769. The lowest BCUT2D eigenvalue weighted by atomic mass is 10.2. The lowest BCUT2D eigenvalue weighted by molar-refractivity contribution is -0.154. The molecular formula is C13H7ClF3NO3. The SMILES string of the molecule is O=C(Nc1ccc(C(F)(F)F)oc1=O)c1ccc(Cl)cc1. The molecule has 0 fully saturated rings. The number of hydrogen-bond donors (Lipinski definition) is 1. The molecule has 0 saturated heterocycles. The zero-order valence-electron chi connectivity index (χ0n) is 10.2. The molecule has 0 aliphatic carbocycles. The van der Waals surface area contributed by atoms with E-state index in [-0.39, 0.29) is 11.3 Å². The minimum atomic E-state index is -4.77. The molecule has 1 N–H and O–H groups in total. The van der Waals surface area contributed by atoms with Gasteiger partial charge in [-0.3, -0.25) is 4.79 Å². The van der Waals surface area contributed by atoms with Crippen molar-refractivity contribution in [2.45, 2.75) is 6.18 Å². The predicted molar refractivity (Wildman–Crippen MR) is 69.4 cm³/mol. The fourth-order valence-electron chi connectivity index (χ4n) is 1.46. The highest BCUT2D eigenvalue weighted by Gasteiger charge is 2.34. The standard InChI is InChI=1S/C13H7ClF3NO3/c14-8-3-1-7(2-4-8)11(19)18-9-5-6-10(13(15,16)17)21-12(9)20/h1-6H,(H,18,19). The van der Waals surface area contributed by atoms with Gasteiger partial charge in [-0.1, -0.05) is 11.6 Å². The third-order valence-corrected chi connectivity index (χ3v) is 2.71. The second-order valence-corrected chi connectivity index (χ2v) is 4.40. The zero-order chi connectivity index (χ0) is 15.6. The van der Waals surface area contributed by atoms with Crippen LogP contribution in [-0.2, 0) is 6.18 Å². The minimum Gasteiger partial charge on any atom is -0.417 e. The van der Waals surface area contributed by atoms with Crippen LogP contribution in [0.5, 0.6) is 0 Å². The summed E-state index contributed by atoms with van der Waals surface area (Å²) in [6.45, 7) is 0. The molecule has 21 heavy (non-hydrogen) atoms. The highest BCUT2D eigenvalue weighted by Crippen LogP contribution is 2.28. The van der Waals surface area contributed by atoms with Crippen LogP contribution in [0.4, 0.5) is 18.9 Å². The Morgan fingerprint density at radius 2 is 1.71 bits per heavy atom. The molecule has 0 atom stereocenters. The van der Waals surface area contributed by atoms with Crippen molar-refractivity contribution in [2.24, 2.45) is 0 Å². The van der Waals surface area contributed by atoms with Crippen molar-refractivity contribution in [3.63, 3.8) is 0 Å². The first kappa shape index (κ1) is 15.1. The van der Waals surface area contributed by atoms with E-state index in [1.165, 1.54) is 24.3 Å². The first-order valence-electron chi connectivity index (χ1n) is 5.55. The Kier molecular flexibility index (Phi) is 4.04. The highest BCUT2D eigenvalue weighted by molar-refractivity contribution is 6.30. The van der Waals surface area contributed by atoms with Gasteiger partial charge in [-0.2, -0.15) is 13.2 Å². The summed E-state index contributed by atoms with van der Waals surface area (Å²) in [6, 6.07) is 7.14. The van der Waals surface area contributed by atoms with Crippen molar-refractivity contribution in [3.8, 4) is 0 Å². The van der Waals surface area contributed by atoms with Gasteiger partial charge in [-0.25, -0.2) is 4.79 Å². The van der Waals surface area contributed by atoms with Crippen molar-refractivity contribution in [1.82, 2.24) is 0 Å². The Morgan fingerprint density at radius 1 is 1.10 bits per heavy atom. The second-order valence-electron chi connectivity index (χ2n) is 3.96. The molecule has 2 rings (SSSR count). The third kappa shape index (κ3) is 3.63. The van der Waals surface area contributed by atoms with Crippen molar-refractivity contribution in [2.75, 3.05) is 5.32 Å². The molecule has 0 aliphatic heterocycles. The van der Waals surface area contributed by atoms with E-state index in [0.29, 0.717) is 11.1 Å². The molecule has 0 spiro atoms. The van der Waals surface area contributed by atoms with Gasteiger partial charge in [0.1, 0.15) is 5.69 Å². The Bertz CT molecular complexity index is 723. The van der Waals surface area contributed by atoms with Gasteiger partial charge in [0.05, 0.1) is 0 Å². The number of halogens is 4. The maximum atomic E-state index is 12.3. The number of benzene rings is 1. The average molecular weight is 318 g/mol. The van der Waals surface area contributed by atoms with E-state index in [9.17, 15) is 22.8 Å². The summed E-state index contributed by atoms with van der Waals surface area (Å²) in [7, 11) is 0. The normalized spacial score (nSPS) is 11.2. The second kappa shape index (κ2) is 5.61. The van der Waals surface area contributed by atoms with Gasteiger partial charge >= 0.3 is 11.8 Å². The van der Waals surface area contributed by atoms with Gasteiger partial charge < -0.3 is 9.73 Å². The van der Waals surface area contributed by atoms with E-state index in [1.807, 2.05) is 0 Å². The Hall–Kier alpha value is -2.28. The average Bonchev–Trinajstić information content (AvgIpc) is 2.40. The van der Waals surface area contributed by atoms with E-state index in [1.54, 1.807) is 0 Å². The van der Waals surface area contributed by atoms with Gasteiger partial charge in [0.2, 0.25) is 5.76 Å². The smallest absolute Gasteiger partial charge is 0.417 e. The van der Waals surface area contributed by atoms with E-state index in [2.05, 4.69) is 9.73 Å². The van der Waals surface area contributed by atoms with Crippen molar-refractivity contribution < 1.29 is 22.4 Å². The van der Waals surface area contributed by atoms with Crippen LogP contribution in [0.1, 0.15) is 16.1 Å². The van der Waals surface area contributed by atoms with Crippen LogP contribution in [0.25, 0.3) is 0 Å². The van der Waals surface area contributed by atoms with Crippen LogP contribution >= 0.6 is 11.6 Å². The highest BCUT2D eigenvalue weighted by atomic mass is 35.5. The van der Waals surface area contributed by atoms with E-state index >= 15 is 0 Å². The molecular weight excluding hydrogens is 311 g/mol. The van der Waals surface area contributed by atoms with Crippen LogP contribution in [0.2, 0.25) is 5.02 Å². The van der Waals surface area contributed by atoms with Crippen LogP contribution in [0, 0.1) is 0 Å². The number of carbonyl (C=O) groups is 1. The monoisotopic (exact) mass is 317 g/mol. The molecule has 1 aromatic carbocycles. The minimum absolute atomic E-state index is 0.193. The largest absolute Gasteiger partial charge is 0.449 e. The number of carbonyl (C=O) groups excluding carboxylic acids is 1. The molecule has 0 saturated carbocycles. The number of rotatable bonds is 2. The maximum absolute atomic E-state index is 12.3. The Labute approximate surface area is 121 Å². The zero-order valence-corrected chi connectivity index (χ0v) is 11.0. The van der Waals surface area contributed by atoms with Crippen molar-refractivity contribution >= 4 is 23.2 Å². The number of amides is 1. The van der Waals surface area contributed by atoms with Gasteiger partial charge in [0.15, 0.2) is 0 Å². The lowest BCUT2D eigenvalue weighted by Crippen LogP contribution is -2.19. The molecule has 2 aromatic rings. The van der Waals surface area contributed by atoms with E-state index in [4.69, 9.17) is 11.6 Å². The first-order valence-corrected chi connectivity index (χ1v) is 5.93. The van der Waals surface area contributed by atoms with Gasteiger partial charge in [-0.15, -0.1) is 0 Å². The fourth-order valence-corrected chi connectivity index (χ4v) is 1.58. The Morgan fingerprint density at radius 3 is 2.24 bits per heavy atom. The summed E-state index contributed by atoms with van der Waals surface area (Å²) in [4.78, 5) is 23.2. The lowest BCUT2D eigenvalue weighted by Gasteiger charge is -2.07. The van der Waals surface area contributed by atoms with Crippen LogP contribution in [0.3, 0.4) is 0 Å². The molecule has 4 nitrogen and oxygen atoms in total. The van der Waals surface area contributed by atoms with Crippen LogP contribution < -0.4 is 10.9 Å². The number of alkyl halides is 3. The third-order valence-electron chi connectivity index (χ3n) is 2.46. The predicted octanol–water partition coefficient (Wildman–Crippen LogP) is 3.56. The molecule has 0 aliphatic rings. The number of nitrogens with one attached hydrogen (secondary N) is 1. The van der Waals surface area contributed by atoms with E-state index < -0.39 is 23.5 Å². The van der Waals surface area contributed by atoms with Crippen LogP contribution in [-0.4, -0.2) is 5.91 Å². The quantitative estimate of drug-likeness (QED) is 0.921. The summed E-state index contributed by atoms with van der Waals surface area (Å²) in [5.41, 5.74) is -1.48. The Balaban J connectivity index is 2.22. The molecule has 1 amide bonds. The summed E-state index contributed by atoms with van der Waals surface area (Å²) in [6.07, 6.45) is -4.77. The number of hydrogen-bond acceptors (Lipinski definition) is 3. The molecule has 0 bridgehead atoms. The van der Waals surface area contributed by atoms with Crippen molar-refractivity contribution in [3.05, 3.63) is 63.2 Å². The summed E-state index contributed by atoms with van der Waals surface area (Å²) < 4.78 is 41.1. The number of anilines is 1. The topological polar surface area (TPSA) is 59.3 Å². The molecule has 0 unspecified atom stereocenters. The van der Waals surface area contributed by atoms with Crippen LogP contribution in [0.15, 0.2) is 45.6 Å². The molecule has 0 radical (unpaired) electrons. The molecule has 1 heterocycles. The van der Waals surface area contributed by atoms with E-state index in [0.717, 1.165) is 6.07 Å². The maximum Gasteiger partial charge on any atom is 0.449 e. The summed E-state index contributed by atoms with van der Waals surface area (Å²) >= 11 is 5.66. The van der Waals surface area contributed by atoms with Gasteiger partial charge in [0.25, 0.3) is 5.91 Å². The molecule has 1 aromatic heterocycles. The molecule has 8 heteroatoms. The summed E-state index contributed by atoms with van der Waals surface area (Å²) in [5, 5.41) is 2.59.